The molecule has 0 unspecified atom stereocenters. The van der Waals surface area contributed by atoms with Gasteiger partial charge in [-0.3, -0.25) is 4.79 Å². The van der Waals surface area contributed by atoms with Crippen molar-refractivity contribution >= 4 is 5.91 Å². The predicted molar refractivity (Wildman–Crippen MR) is 58.2 cm³/mol. The molecule has 0 heterocycles. The lowest BCUT2D eigenvalue weighted by atomic mass is 10.00. The average Bonchev–Trinajstić information content (AvgIpc) is 2.12. The number of likely N-dealkylation sites (N-methyl/N-ethyl adjacent to an activating group) is 1. The Morgan fingerprint density at radius 2 is 1.93 bits per heavy atom. The fourth-order valence-corrected chi connectivity index (χ4v) is 0.910. The molecule has 0 aliphatic heterocycles. The van der Waals surface area contributed by atoms with Crippen LogP contribution in [0.4, 0.5) is 0 Å². The zero-order chi connectivity index (χ0) is 11.4. The van der Waals surface area contributed by atoms with Gasteiger partial charge in [0.05, 0.1) is 6.10 Å². The van der Waals surface area contributed by atoms with Gasteiger partial charge in [0.1, 0.15) is 6.61 Å². The van der Waals surface area contributed by atoms with Crippen LogP contribution in [-0.4, -0.2) is 36.1 Å². The van der Waals surface area contributed by atoms with E-state index < -0.39 is 0 Å². The minimum atomic E-state index is -0.0859. The smallest absolute Gasteiger partial charge is 0.248 e. The molecule has 3 nitrogen and oxygen atoms in total. The number of nitrogens with zero attached hydrogens (tertiary/aromatic N) is 1. The van der Waals surface area contributed by atoms with Gasteiger partial charge in [0.15, 0.2) is 0 Å². The lowest BCUT2D eigenvalue weighted by Crippen LogP contribution is -2.46. The standard InChI is InChI=1S/C11H23NO2/c1-7-11(4,5)12(6)10(13)8-14-9(2)3/h9H,7-8H2,1-6H3. The predicted octanol–water partition coefficient (Wildman–Crippen LogP) is 2.06. The highest BCUT2D eigenvalue weighted by Gasteiger charge is 2.25. The van der Waals surface area contributed by atoms with Gasteiger partial charge in [-0.2, -0.15) is 0 Å². The van der Waals surface area contributed by atoms with Gasteiger partial charge in [0.2, 0.25) is 5.91 Å². The molecule has 84 valence electrons. The van der Waals surface area contributed by atoms with Crippen molar-refractivity contribution in [3.8, 4) is 0 Å². The van der Waals surface area contributed by atoms with Crippen molar-refractivity contribution in [1.82, 2.24) is 4.90 Å². The second kappa shape index (κ2) is 5.35. The molecule has 0 spiro atoms. The molecule has 0 bridgehead atoms. The van der Waals surface area contributed by atoms with Crippen LogP contribution in [0.25, 0.3) is 0 Å². The fourth-order valence-electron chi connectivity index (χ4n) is 0.910. The Hall–Kier alpha value is -0.570. The van der Waals surface area contributed by atoms with Gasteiger partial charge in [0, 0.05) is 12.6 Å². The molecule has 0 aromatic carbocycles. The Bertz CT molecular complexity index is 188. The van der Waals surface area contributed by atoms with Crippen LogP contribution in [-0.2, 0) is 9.53 Å². The number of hydrogen-bond acceptors (Lipinski definition) is 2. The Morgan fingerprint density at radius 1 is 1.43 bits per heavy atom. The summed E-state index contributed by atoms with van der Waals surface area (Å²) < 4.78 is 5.27. The summed E-state index contributed by atoms with van der Waals surface area (Å²) in [7, 11) is 1.83. The van der Waals surface area contributed by atoms with Crippen LogP contribution in [0.5, 0.6) is 0 Å². The Balaban J connectivity index is 4.12. The van der Waals surface area contributed by atoms with Gasteiger partial charge in [-0.05, 0) is 34.1 Å². The van der Waals surface area contributed by atoms with E-state index in [4.69, 9.17) is 4.74 Å². The molecule has 0 N–H and O–H groups in total. The van der Waals surface area contributed by atoms with Crippen molar-refractivity contribution in [3.63, 3.8) is 0 Å². The molecule has 3 heteroatoms. The van der Waals surface area contributed by atoms with Crippen molar-refractivity contribution in [1.29, 1.82) is 0 Å². The van der Waals surface area contributed by atoms with E-state index in [1.54, 1.807) is 4.90 Å². The molecule has 14 heavy (non-hydrogen) atoms. The van der Waals surface area contributed by atoms with E-state index in [1.807, 2.05) is 20.9 Å². The fraction of sp³-hybridized carbons (Fsp3) is 0.909. The van der Waals surface area contributed by atoms with E-state index in [-0.39, 0.29) is 24.2 Å². The first-order chi connectivity index (χ1) is 6.31. The zero-order valence-corrected chi connectivity index (χ0v) is 10.3. The largest absolute Gasteiger partial charge is 0.369 e. The maximum Gasteiger partial charge on any atom is 0.248 e. The summed E-state index contributed by atoms with van der Waals surface area (Å²) in [5.74, 6) is 0.0468. The van der Waals surface area contributed by atoms with Gasteiger partial charge in [-0.15, -0.1) is 0 Å². The highest BCUT2D eigenvalue weighted by molar-refractivity contribution is 5.77. The molecule has 0 rings (SSSR count). The molecule has 0 aromatic heterocycles. The van der Waals surface area contributed by atoms with Gasteiger partial charge in [0.25, 0.3) is 0 Å². The Labute approximate surface area is 87.4 Å². The lowest BCUT2D eigenvalue weighted by molar-refractivity contribution is -0.141. The molecular weight excluding hydrogens is 178 g/mol. The normalized spacial score (nSPS) is 11.9. The summed E-state index contributed by atoms with van der Waals surface area (Å²) in [5.41, 5.74) is -0.0859. The first-order valence-electron chi connectivity index (χ1n) is 5.19. The third kappa shape index (κ3) is 4.09. The zero-order valence-electron chi connectivity index (χ0n) is 10.3. The molecule has 0 atom stereocenters. The van der Waals surface area contributed by atoms with Crippen molar-refractivity contribution in [2.24, 2.45) is 0 Å². The summed E-state index contributed by atoms with van der Waals surface area (Å²) in [4.78, 5) is 13.4. The summed E-state index contributed by atoms with van der Waals surface area (Å²) in [6.45, 7) is 10.2. The van der Waals surface area contributed by atoms with Crippen LogP contribution < -0.4 is 0 Å². The summed E-state index contributed by atoms with van der Waals surface area (Å²) in [5, 5.41) is 0. The van der Waals surface area contributed by atoms with Crippen molar-refractivity contribution < 1.29 is 9.53 Å². The van der Waals surface area contributed by atoms with E-state index >= 15 is 0 Å². The average molecular weight is 201 g/mol. The first kappa shape index (κ1) is 13.4. The van der Waals surface area contributed by atoms with E-state index in [9.17, 15) is 4.79 Å². The molecule has 0 saturated heterocycles. The topological polar surface area (TPSA) is 29.5 Å². The van der Waals surface area contributed by atoms with Crippen molar-refractivity contribution in [2.75, 3.05) is 13.7 Å². The number of hydrogen-bond donors (Lipinski definition) is 0. The van der Waals surface area contributed by atoms with Crippen LogP contribution in [0.15, 0.2) is 0 Å². The second-order valence-electron chi connectivity index (χ2n) is 4.48. The number of ether oxygens (including phenoxy) is 1. The van der Waals surface area contributed by atoms with E-state index in [0.717, 1.165) is 6.42 Å². The van der Waals surface area contributed by atoms with E-state index in [2.05, 4.69) is 20.8 Å². The van der Waals surface area contributed by atoms with Crippen molar-refractivity contribution in [2.45, 2.75) is 52.7 Å². The minimum Gasteiger partial charge on any atom is -0.369 e. The van der Waals surface area contributed by atoms with Crippen molar-refractivity contribution in [3.05, 3.63) is 0 Å². The molecule has 0 aliphatic carbocycles. The molecule has 0 saturated carbocycles. The van der Waals surface area contributed by atoms with Crippen LogP contribution >= 0.6 is 0 Å². The van der Waals surface area contributed by atoms with E-state index in [0.29, 0.717) is 0 Å². The third-order valence-electron chi connectivity index (χ3n) is 2.69. The first-order valence-corrected chi connectivity index (χ1v) is 5.19. The molecular formula is C11H23NO2. The SMILES string of the molecule is CCC(C)(C)N(C)C(=O)COC(C)C. The quantitative estimate of drug-likeness (QED) is 0.681. The monoisotopic (exact) mass is 201 g/mol. The maximum atomic E-state index is 11.7. The van der Waals surface area contributed by atoms with Gasteiger partial charge in [-0.1, -0.05) is 6.92 Å². The van der Waals surface area contributed by atoms with Crippen LogP contribution in [0.3, 0.4) is 0 Å². The number of amides is 1. The van der Waals surface area contributed by atoms with Gasteiger partial charge in [-0.25, -0.2) is 0 Å². The maximum absolute atomic E-state index is 11.7. The Morgan fingerprint density at radius 3 is 2.29 bits per heavy atom. The van der Waals surface area contributed by atoms with Crippen LogP contribution in [0, 0.1) is 0 Å². The number of rotatable bonds is 5. The molecule has 1 amide bonds. The third-order valence-corrected chi connectivity index (χ3v) is 2.69. The second-order valence-corrected chi connectivity index (χ2v) is 4.48. The number of carbonyl (C=O) groups excluding carboxylic acids is 1. The lowest BCUT2D eigenvalue weighted by Gasteiger charge is -2.34. The van der Waals surface area contributed by atoms with Crippen LogP contribution in [0.1, 0.15) is 41.0 Å². The van der Waals surface area contributed by atoms with E-state index in [1.165, 1.54) is 0 Å². The Kier molecular flexibility index (Phi) is 5.13. The molecule has 0 fully saturated rings. The van der Waals surface area contributed by atoms with Gasteiger partial charge >= 0.3 is 0 Å². The highest BCUT2D eigenvalue weighted by Crippen LogP contribution is 2.16. The summed E-state index contributed by atoms with van der Waals surface area (Å²) in [6, 6.07) is 0. The molecule has 0 aromatic rings. The summed E-state index contributed by atoms with van der Waals surface area (Å²) >= 11 is 0. The summed E-state index contributed by atoms with van der Waals surface area (Å²) in [6.07, 6.45) is 1.05. The molecule has 0 aliphatic rings. The number of carbonyl (C=O) groups is 1. The molecule has 0 radical (unpaired) electrons. The van der Waals surface area contributed by atoms with Gasteiger partial charge < -0.3 is 9.64 Å². The highest BCUT2D eigenvalue weighted by atomic mass is 16.5. The van der Waals surface area contributed by atoms with Crippen LogP contribution in [0.2, 0.25) is 0 Å². The minimum absolute atomic E-state index is 0.0468.